The van der Waals surface area contributed by atoms with Gasteiger partial charge in [-0.1, -0.05) is 17.7 Å². The lowest BCUT2D eigenvalue weighted by Crippen LogP contribution is -2.17. The molecule has 2 aromatic carbocycles. The van der Waals surface area contributed by atoms with Gasteiger partial charge in [0.15, 0.2) is 4.77 Å². The summed E-state index contributed by atoms with van der Waals surface area (Å²) in [6.45, 7) is 0. The Morgan fingerprint density at radius 1 is 1.27 bits per heavy atom. The van der Waals surface area contributed by atoms with E-state index in [0.717, 1.165) is 0 Å². The summed E-state index contributed by atoms with van der Waals surface area (Å²) in [5, 5.41) is 11.1. The first-order valence-corrected chi connectivity index (χ1v) is 8.30. The van der Waals surface area contributed by atoms with Gasteiger partial charge >= 0.3 is 0 Å². The van der Waals surface area contributed by atoms with Crippen molar-refractivity contribution in [3.8, 4) is 17.3 Å². The zero-order chi connectivity index (χ0) is 18.7. The van der Waals surface area contributed by atoms with Crippen LogP contribution < -0.4 is 10.3 Å². The van der Waals surface area contributed by atoms with E-state index < -0.39 is 5.56 Å². The number of hydrogen-bond donors (Lipinski definition) is 2. The number of methoxy groups -OCH3 is 1. The molecule has 0 spiro atoms. The SMILES string of the molecule is COc1cccc(N=Cc2c(O)n(-c3ccc(Cl)cc3)c(=S)[nH]c2=O)c1. The van der Waals surface area contributed by atoms with Crippen LogP contribution in [0.2, 0.25) is 5.02 Å². The van der Waals surface area contributed by atoms with E-state index in [1.807, 2.05) is 0 Å². The second kappa shape index (κ2) is 7.55. The molecule has 0 radical (unpaired) electrons. The standard InChI is InChI=1S/C18H14ClN3O3S/c1-25-14-4-2-3-12(9-14)20-10-15-16(23)21-18(26)22(17(15)24)13-7-5-11(19)6-8-13/h2-10,24H,1H3,(H,21,23,26). The molecular formula is C18H14ClN3O3S. The van der Waals surface area contributed by atoms with E-state index in [0.29, 0.717) is 22.1 Å². The number of aliphatic imine (C=N–C) groups is 1. The van der Waals surface area contributed by atoms with E-state index in [9.17, 15) is 9.90 Å². The number of aromatic amines is 1. The van der Waals surface area contributed by atoms with Crippen molar-refractivity contribution in [3.63, 3.8) is 0 Å². The molecule has 0 aliphatic heterocycles. The predicted octanol–water partition coefficient (Wildman–Crippen LogP) is 4.01. The highest BCUT2D eigenvalue weighted by molar-refractivity contribution is 7.71. The van der Waals surface area contributed by atoms with E-state index in [4.69, 9.17) is 28.6 Å². The molecule has 1 aromatic heterocycles. The lowest BCUT2D eigenvalue weighted by atomic mass is 10.2. The molecule has 132 valence electrons. The Kier molecular flexibility index (Phi) is 5.20. The Morgan fingerprint density at radius 3 is 2.69 bits per heavy atom. The Balaban J connectivity index is 2.09. The second-order valence-corrected chi connectivity index (χ2v) is 6.09. The molecule has 0 aliphatic rings. The van der Waals surface area contributed by atoms with Crippen LogP contribution in [0.4, 0.5) is 5.69 Å². The Hall–Kier alpha value is -2.90. The van der Waals surface area contributed by atoms with Crippen molar-refractivity contribution in [2.24, 2.45) is 4.99 Å². The molecule has 3 rings (SSSR count). The molecular weight excluding hydrogens is 374 g/mol. The minimum Gasteiger partial charge on any atom is -0.497 e. The van der Waals surface area contributed by atoms with Crippen molar-refractivity contribution >= 4 is 35.7 Å². The Bertz CT molecular complexity index is 1090. The summed E-state index contributed by atoms with van der Waals surface area (Å²) in [4.78, 5) is 19.0. The van der Waals surface area contributed by atoms with Gasteiger partial charge in [-0.3, -0.25) is 19.3 Å². The molecule has 1 heterocycles. The van der Waals surface area contributed by atoms with Crippen LogP contribution in [-0.2, 0) is 0 Å². The normalized spacial score (nSPS) is 11.0. The third-order valence-corrected chi connectivity index (χ3v) is 4.14. The van der Waals surface area contributed by atoms with Crippen LogP contribution in [0, 0.1) is 4.77 Å². The first kappa shape index (κ1) is 17.9. The summed E-state index contributed by atoms with van der Waals surface area (Å²) in [7, 11) is 1.55. The topological polar surface area (TPSA) is 79.6 Å². The van der Waals surface area contributed by atoms with Gasteiger partial charge in [-0.15, -0.1) is 0 Å². The van der Waals surface area contributed by atoms with Gasteiger partial charge in [-0.2, -0.15) is 0 Å². The Morgan fingerprint density at radius 2 is 2.00 bits per heavy atom. The smallest absolute Gasteiger partial charge is 0.264 e. The van der Waals surface area contributed by atoms with Crippen LogP contribution in [-0.4, -0.2) is 28.0 Å². The first-order valence-electron chi connectivity index (χ1n) is 7.52. The van der Waals surface area contributed by atoms with Crippen molar-refractivity contribution in [3.05, 3.63) is 74.2 Å². The Labute approximate surface area is 159 Å². The van der Waals surface area contributed by atoms with E-state index in [1.165, 1.54) is 10.8 Å². The number of ether oxygens (including phenoxy) is 1. The molecule has 0 atom stereocenters. The lowest BCUT2D eigenvalue weighted by molar-refractivity contribution is 0.415. The molecule has 0 bridgehead atoms. The van der Waals surface area contributed by atoms with Crippen LogP contribution in [0.25, 0.3) is 5.69 Å². The maximum absolute atomic E-state index is 12.2. The predicted molar refractivity (Wildman–Crippen MR) is 104 cm³/mol. The maximum atomic E-state index is 12.2. The molecule has 0 unspecified atom stereocenters. The minimum atomic E-state index is -0.538. The molecule has 0 amide bonds. The molecule has 2 N–H and O–H groups in total. The zero-order valence-corrected chi connectivity index (χ0v) is 15.2. The zero-order valence-electron chi connectivity index (χ0n) is 13.6. The number of halogens is 1. The summed E-state index contributed by atoms with van der Waals surface area (Å²) >= 11 is 11.1. The van der Waals surface area contributed by atoms with Crippen LogP contribution in [0.5, 0.6) is 11.6 Å². The largest absolute Gasteiger partial charge is 0.497 e. The fourth-order valence-corrected chi connectivity index (χ4v) is 2.73. The van der Waals surface area contributed by atoms with Crippen LogP contribution in [0.3, 0.4) is 0 Å². The van der Waals surface area contributed by atoms with Gasteiger partial charge in [0.1, 0.15) is 11.3 Å². The highest BCUT2D eigenvalue weighted by Gasteiger charge is 2.12. The molecule has 0 saturated heterocycles. The monoisotopic (exact) mass is 387 g/mol. The van der Waals surface area contributed by atoms with Gasteiger partial charge in [0.05, 0.1) is 18.5 Å². The van der Waals surface area contributed by atoms with Crippen LogP contribution in [0.1, 0.15) is 5.56 Å². The van der Waals surface area contributed by atoms with E-state index in [2.05, 4.69) is 9.98 Å². The molecule has 6 nitrogen and oxygen atoms in total. The number of aromatic hydroxyl groups is 1. The van der Waals surface area contributed by atoms with Crippen molar-refractivity contribution in [2.45, 2.75) is 0 Å². The summed E-state index contributed by atoms with van der Waals surface area (Å²) in [6.07, 6.45) is 1.28. The number of H-pyrrole nitrogens is 1. The maximum Gasteiger partial charge on any atom is 0.264 e. The van der Waals surface area contributed by atoms with E-state index in [-0.39, 0.29) is 16.2 Å². The first-order chi connectivity index (χ1) is 12.5. The summed E-state index contributed by atoms with van der Waals surface area (Å²) < 4.78 is 6.53. The number of nitrogens with one attached hydrogen (secondary N) is 1. The fourth-order valence-electron chi connectivity index (χ4n) is 2.31. The molecule has 0 aliphatic carbocycles. The second-order valence-electron chi connectivity index (χ2n) is 5.27. The quantitative estimate of drug-likeness (QED) is 0.523. The minimum absolute atomic E-state index is 0.0173. The number of aromatic nitrogens is 2. The van der Waals surface area contributed by atoms with Gasteiger partial charge in [-0.05, 0) is 48.6 Å². The van der Waals surface area contributed by atoms with Crippen molar-refractivity contribution < 1.29 is 9.84 Å². The summed E-state index contributed by atoms with van der Waals surface area (Å²) in [5.41, 5.74) is 0.577. The molecule has 0 fully saturated rings. The van der Waals surface area contributed by atoms with Gasteiger partial charge < -0.3 is 9.84 Å². The van der Waals surface area contributed by atoms with Crippen molar-refractivity contribution in [2.75, 3.05) is 7.11 Å². The van der Waals surface area contributed by atoms with Crippen LogP contribution >= 0.6 is 23.8 Å². The van der Waals surface area contributed by atoms with E-state index in [1.54, 1.807) is 55.6 Å². The lowest BCUT2D eigenvalue weighted by Gasteiger charge is -2.11. The third kappa shape index (κ3) is 3.68. The fraction of sp³-hybridized carbons (Fsp3) is 0.0556. The molecule has 8 heteroatoms. The van der Waals surface area contributed by atoms with Gasteiger partial charge in [0, 0.05) is 17.3 Å². The number of nitrogens with zero attached hydrogens (tertiary/aromatic N) is 2. The van der Waals surface area contributed by atoms with Gasteiger partial charge in [0.2, 0.25) is 5.88 Å². The van der Waals surface area contributed by atoms with Gasteiger partial charge in [-0.25, -0.2) is 0 Å². The van der Waals surface area contributed by atoms with Crippen molar-refractivity contribution in [1.29, 1.82) is 0 Å². The highest BCUT2D eigenvalue weighted by atomic mass is 35.5. The number of rotatable bonds is 4. The number of benzene rings is 2. The van der Waals surface area contributed by atoms with E-state index >= 15 is 0 Å². The average Bonchev–Trinajstić information content (AvgIpc) is 2.63. The molecule has 0 saturated carbocycles. The molecule has 26 heavy (non-hydrogen) atoms. The van der Waals surface area contributed by atoms with Gasteiger partial charge in [0.25, 0.3) is 5.56 Å². The molecule has 3 aromatic rings. The van der Waals surface area contributed by atoms with Crippen LogP contribution in [0.15, 0.2) is 58.3 Å². The third-order valence-electron chi connectivity index (χ3n) is 3.60. The highest BCUT2D eigenvalue weighted by Crippen LogP contribution is 2.22. The average molecular weight is 388 g/mol. The summed E-state index contributed by atoms with van der Waals surface area (Å²) in [6, 6.07) is 13.7. The summed E-state index contributed by atoms with van der Waals surface area (Å²) in [5.74, 6) is 0.322. The number of hydrogen-bond acceptors (Lipinski definition) is 5. The van der Waals surface area contributed by atoms with Crippen molar-refractivity contribution in [1.82, 2.24) is 9.55 Å².